The molecule has 6 nitrogen and oxygen atoms in total. The summed E-state index contributed by atoms with van der Waals surface area (Å²) < 4.78 is 5.07. The summed E-state index contributed by atoms with van der Waals surface area (Å²) in [4.78, 5) is 35.1. The van der Waals surface area contributed by atoms with Crippen LogP contribution in [0, 0.1) is 6.92 Å². The van der Waals surface area contributed by atoms with E-state index in [4.69, 9.17) is 33.7 Å². The number of carbonyl (C=O) groups is 3. The minimum atomic E-state index is -1.14. The standard InChI is InChI=1S/C12H14Cl2N2O4S/c1-3-20-12(19)6(4-7(15)17)16-11(18)9-5(2)8(13)10(14)21-9/h6H,3-4H2,1-2H3,(H2,15,17)(H,16,18). The van der Waals surface area contributed by atoms with Crippen LogP contribution in [-0.4, -0.2) is 30.4 Å². The van der Waals surface area contributed by atoms with Gasteiger partial charge in [0.1, 0.15) is 10.4 Å². The third-order valence-corrected chi connectivity index (χ3v) is 4.70. The first-order valence-electron chi connectivity index (χ1n) is 5.98. The monoisotopic (exact) mass is 352 g/mol. The molecule has 0 fully saturated rings. The molecule has 116 valence electrons. The van der Waals surface area contributed by atoms with Gasteiger partial charge in [0.25, 0.3) is 5.91 Å². The molecule has 1 aromatic heterocycles. The average molecular weight is 353 g/mol. The Morgan fingerprint density at radius 3 is 2.43 bits per heavy atom. The second-order valence-electron chi connectivity index (χ2n) is 4.09. The Kier molecular flexibility index (Phi) is 6.44. The van der Waals surface area contributed by atoms with Crippen LogP contribution in [0.1, 0.15) is 28.6 Å². The highest BCUT2D eigenvalue weighted by atomic mass is 35.5. The number of ether oxygens (including phenoxy) is 1. The van der Waals surface area contributed by atoms with Crippen molar-refractivity contribution in [2.75, 3.05) is 6.61 Å². The topological polar surface area (TPSA) is 98.5 Å². The van der Waals surface area contributed by atoms with Crippen LogP contribution in [0.2, 0.25) is 9.36 Å². The molecule has 1 unspecified atom stereocenters. The summed E-state index contributed by atoms with van der Waals surface area (Å²) in [6, 6.07) is -1.14. The molecule has 0 aliphatic rings. The van der Waals surface area contributed by atoms with Crippen molar-refractivity contribution < 1.29 is 19.1 Å². The summed E-state index contributed by atoms with van der Waals surface area (Å²) in [5.74, 6) is -2.02. The molecule has 0 aliphatic carbocycles. The first kappa shape index (κ1) is 17.7. The highest BCUT2D eigenvalue weighted by Gasteiger charge is 2.27. The molecule has 1 heterocycles. The zero-order valence-electron chi connectivity index (χ0n) is 11.4. The highest BCUT2D eigenvalue weighted by Crippen LogP contribution is 2.36. The van der Waals surface area contributed by atoms with Crippen LogP contribution in [0.4, 0.5) is 0 Å². The van der Waals surface area contributed by atoms with Gasteiger partial charge in [-0.2, -0.15) is 0 Å². The minimum absolute atomic E-state index is 0.125. The predicted octanol–water partition coefficient (Wildman–Crippen LogP) is 1.90. The van der Waals surface area contributed by atoms with Gasteiger partial charge in [0.15, 0.2) is 0 Å². The number of carbonyl (C=O) groups excluding carboxylic acids is 3. The highest BCUT2D eigenvalue weighted by molar-refractivity contribution is 7.19. The number of rotatable bonds is 6. The summed E-state index contributed by atoms with van der Waals surface area (Å²) in [5, 5.41) is 2.70. The largest absolute Gasteiger partial charge is 0.464 e. The Balaban J connectivity index is 2.91. The Bertz CT molecular complexity index is 574. The Morgan fingerprint density at radius 1 is 1.38 bits per heavy atom. The lowest BCUT2D eigenvalue weighted by atomic mass is 10.2. The zero-order chi connectivity index (χ0) is 16.2. The lowest BCUT2D eigenvalue weighted by Gasteiger charge is -2.15. The molecule has 21 heavy (non-hydrogen) atoms. The van der Waals surface area contributed by atoms with E-state index >= 15 is 0 Å². The molecule has 2 amide bonds. The van der Waals surface area contributed by atoms with Crippen molar-refractivity contribution in [2.24, 2.45) is 5.73 Å². The number of nitrogens with two attached hydrogens (primary N) is 1. The van der Waals surface area contributed by atoms with E-state index in [-0.39, 0.29) is 27.3 Å². The number of nitrogens with one attached hydrogen (secondary N) is 1. The Labute approximate surface area is 135 Å². The van der Waals surface area contributed by atoms with E-state index in [0.717, 1.165) is 11.3 Å². The van der Waals surface area contributed by atoms with Crippen LogP contribution in [0.25, 0.3) is 0 Å². The summed E-state index contributed by atoms with van der Waals surface area (Å²) in [6.07, 6.45) is -0.351. The van der Waals surface area contributed by atoms with Gasteiger partial charge >= 0.3 is 5.97 Å². The second kappa shape index (κ2) is 7.63. The van der Waals surface area contributed by atoms with Crippen molar-refractivity contribution in [1.29, 1.82) is 0 Å². The second-order valence-corrected chi connectivity index (χ2v) is 6.09. The van der Waals surface area contributed by atoms with Crippen molar-refractivity contribution in [2.45, 2.75) is 26.3 Å². The number of primary amides is 1. The van der Waals surface area contributed by atoms with E-state index < -0.39 is 23.8 Å². The molecule has 0 bridgehead atoms. The van der Waals surface area contributed by atoms with E-state index in [1.165, 1.54) is 0 Å². The number of amides is 2. The number of hydrogen-bond acceptors (Lipinski definition) is 5. The van der Waals surface area contributed by atoms with Gasteiger partial charge in [0, 0.05) is 0 Å². The maximum atomic E-state index is 12.2. The maximum absolute atomic E-state index is 12.2. The van der Waals surface area contributed by atoms with Gasteiger partial charge in [0.05, 0.1) is 22.9 Å². The van der Waals surface area contributed by atoms with Gasteiger partial charge in [-0.05, 0) is 19.4 Å². The zero-order valence-corrected chi connectivity index (χ0v) is 13.7. The number of halogens is 2. The van der Waals surface area contributed by atoms with Gasteiger partial charge in [-0.3, -0.25) is 9.59 Å². The predicted molar refractivity (Wildman–Crippen MR) is 80.8 cm³/mol. The normalized spacial score (nSPS) is 11.8. The number of thiophene rings is 1. The first-order chi connectivity index (χ1) is 9.77. The Hall–Kier alpha value is -1.31. The van der Waals surface area contributed by atoms with Crippen molar-refractivity contribution in [3.8, 4) is 0 Å². The maximum Gasteiger partial charge on any atom is 0.329 e. The molecule has 0 aromatic carbocycles. The van der Waals surface area contributed by atoms with Gasteiger partial charge < -0.3 is 15.8 Å². The molecule has 9 heteroatoms. The molecule has 3 N–H and O–H groups in total. The van der Waals surface area contributed by atoms with E-state index in [9.17, 15) is 14.4 Å². The smallest absolute Gasteiger partial charge is 0.329 e. The van der Waals surface area contributed by atoms with Crippen LogP contribution < -0.4 is 11.1 Å². The molecule has 1 aromatic rings. The van der Waals surface area contributed by atoms with Crippen LogP contribution in [-0.2, 0) is 14.3 Å². The van der Waals surface area contributed by atoms with Crippen LogP contribution in [0.5, 0.6) is 0 Å². The fourth-order valence-electron chi connectivity index (χ4n) is 1.54. The summed E-state index contributed by atoms with van der Waals surface area (Å²) in [7, 11) is 0. The van der Waals surface area contributed by atoms with E-state index in [1.54, 1.807) is 13.8 Å². The minimum Gasteiger partial charge on any atom is -0.464 e. The van der Waals surface area contributed by atoms with Gasteiger partial charge in [-0.25, -0.2) is 4.79 Å². The molecule has 1 atom stereocenters. The fraction of sp³-hybridized carbons (Fsp3) is 0.417. The van der Waals surface area contributed by atoms with Crippen LogP contribution >= 0.6 is 34.5 Å². The molecular weight excluding hydrogens is 339 g/mol. The van der Waals surface area contributed by atoms with Crippen molar-refractivity contribution in [1.82, 2.24) is 5.32 Å². The van der Waals surface area contributed by atoms with E-state index in [1.807, 2.05) is 0 Å². The van der Waals surface area contributed by atoms with Gasteiger partial charge in [-0.1, -0.05) is 23.2 Å². The van der Waals surface area contributed by atoms with Crippen molar-refractivity contribution in [3.05, 3.63) is 19.8 Å². The summed E-state index contributed by atoms with van der Waals surface area (Å²) in [5.41, 5.74) is 5.57. The van der Waals surface area contributed by atoms with E-state index in [0.29, 0.717) is 5.56 Å². The number of esters is 1. The molecule has 0 radical (unpaired) electrons. The summed E-state index contributed by atoms with van der Waals surface area (Å²) >= 11 is 12.7. The van der Waals surface area contributed by atoms with Gasteiger partial charge in [-0.15, -0.1) is 11.3 Å². The molecule has 0 saturated heterocycles. The first-order valence-corrected chi connectivity index (χ1v) is 7.55. The fourth-order valence-corrected chi connectivity index (χ4v) is 3.00. The third kappa shape index (κ3) is 4.59. The number of hydrogen-bond donors (Lipinski definition) is 2. The van der Waals surface area contributed by atoms with Crippen LogP contribution in [0.3, 0.4) is 0 Å². The SMILES string of the molecule is CCOC(=O)C(CC(N)=O)NC(=O)c1sc(Cl)c(Cl)c1C. The molecule has 0 aliphatic heterocycles. The van der Waals surface area contributed by atoms with E-state index in [2.05, 4.69) is 5.32 Å². The quantitative estimate of drug-likeness (QED) is 0.763. The molecule has 1 rings (SSSR count). The third-order valence-electron chi connectivity index (χ3n) is 2.52. The molecule has 0 spiro atoms. The molecule has 0 saturated carbocycles. The summed E-state index contributed by atoms with van der Waals surface area (Å²) in [6.45, 7) is 3.37. The van der Waals surface area contributed by atoms with Crippen molar-refractivity contribution >= 4 is 52.3 Å². The molecular formula is C12H14Cl2N2O4S. The van der Waals surface area contributed by atoms with Gasteiger partial charge in [0.2, 0.25) is 5.91 Å². The van der Waals surface area contributed by atoms with Crippen LogP contribution in [0.15, 0.2) is 0 Å². The Morgan fingerprint density at radius 2 is 2.00 bits per heavy atom. The average Bonchev–Trinajstić information content (AvgIpc) is 2.65. The lowest BCUT2D eigenvalue weighted by Crippen LogP contribution is -2.44. The lowest BCUT2D eigenvalue weighted by molar-refractivity contribution is -0.146. The van der Waals surface area contributed by atoms with Crippen molar-refractivity contribution in [3.63, 3.8) is 0 Å².